The van der Waals surface area contributed by atoms with Crippen LogP contribution >= 0.6 is 0 Å². The number of fused-ring (bicyclic) bond motifs is 3. The van der Waals surface area contributed by atoms with Gasteiger partial charge < -0.3 is 0 Å². The van der Waals surface area contributed by atoms with Crippen molar-refractivity contribution in [1.29, 1.82) is 0 Å². The molecule has 4 rings (SSSR count). The number of rotatable bonds is 1. The molecule has 118 valence electrons. The number of aromatic nitrogens is 3. The van der Waals surface area contributed by atoms with E-state index in [-0.39, 0.29) is 0 Å². The summed E-state index contributed by atoms with van der Waals surface area (Å²) < 4.78 is 0. The van der Waals surface area contributed by atoms with Crippen molar-refractivity contribution in [2.45, 2.75) is 27.7 Å². The molecule has 0 saturated heterocycles. The van der Waals surface area contributed by atoms with Crippen LogP contribution in [0.4, 0.5) is 0 Å². The summed E-state index contributed by atoms with van der Waals surface area (Å²) in [6.07, 6.45) is 1.66. The normalized spacial score (nSPS) is 11.3. The zero-order valence-corrected chi connectivity index (χ0v) is 14.4. The molecule has 0 aliphatic rings. The van der Waals surface area contributed by atoms with Crippen LogP contribution in [0.3, 0.4) is 0 Å². The summed E-state index contributed by atoms with van der Waals surface area (Å²) in [5, 5.41) is 3.37. The maximum atomic E-state index is 4.62. The van der Waals surface area contributed by atoms with Crippen molar-refractivity contribution < 1.29 is 0 Å². The van der Waals surface area contributed by atoms with Crippen molar-refractivity contribution in [2.75, 3.05) is 0 Å². The van der Waals surface area contributed by atoms with Crippen LogP contribution in [-0.2, 0) is 0 Å². The Hall–Kier alpha value is -2.81. The molecule has 2 aromatic carbocycles. The van der Waals surface area contributed by atoms with Crippen LogP contribution in [0.1, 0.15) is 22.5 Å². The molecule has 0 fully saturated rings. The Morgan fingerprint density at radius 3 is 2.46 bits per heavy atom. The van der Waals surface area contributed by atoms with E-state index in [2.05, 4.69) is 65.2 Å². The number of hydrogen-bond donors (Lipinski definition) is 0. The van der Waals surface area contributed by atoms with E-state index in [1.165, 1.54) is 16.5 Å². The highest BCUT2D eigenvalue weighted by Gasteiger charge is 2.13. The third-order valence-electron chi connectivity index (χ3n) is 4.55. The van der Waals surface area contributed by atoms with E-state index >= 15 is 0 Å². The second-order valence-electron chi connectivity index (χ2n) is 6.45. The average molecular weight is 313 g/mol. The lowest BCUT2D eigenvalue weighted by Gasteiger charge is -2.12. The highest BCUT2D eigenvalue weighted by molar-refractivity contribution is 6.10. The number of pyridine rings is 1. The van der Waals surface area contributed by atoms with Crippen molar-refractivity contribution in [3.05, 3.63) is 65.2 Å². The van der Waals surface area contributed by atoms with Crippen molar-refractivity contribution in [2.24, 2.45) is 0 Å². The largest absolute Gasteiger partial charge is 0.258 e. The molecule has 0 aliphatic heterocycles. The van der Waals surface area contributed by atoms with Gasteiger partial charge in [0.1, 0.15) is 6.33 Å². The molecular formula is C21H19N3. The Bertz CT molecular complexity index is 1100. The predicted octanol–water partition coefficient (Wildman–Crippen LogP) is 5.08. The summed E-state index contributed by atoms with van der Waals surface area (Å²) in [6, 6.07) is 12.9. The van der Waals surface area contributed by atoms with E-state index in [0.717, 1.165) is 38.9 Å². The molecule has 0 spiro atoms. The molecule has 3 heteroatoms. The zero-order chi connectivity index (χ0) is 16.8. The average Bonchev–Trinajstić information content (AvgIpc) is 2.53. The van der Waals surface area contributed by atoms with Gasteiger partial charge in [-0.25, -0.2) is 9.97 Å². The van der Waals surface area contributed by atoms with Crippen molar-refractivity contribution >= 4 is 21.7 Å². The van der Waals surface area contributed by atoms with Gasteiger partial charge in [0.05, 0.1) is 11.2 Å². The van der Waals surface area contributed by atoms with Crippen LogP contribution in [0.25, 0.3) is 32.9 Å². The van der Waals surface area contributed by atoms with Crippen molar-refractivity contribution in [3.63, 3.8) is 0 Å². The molecule has 0 radical (unpaired) electrons. The van der Waals surface area contributed by atoms with Crippen LogP contribution < -0.4 is 0 Å². The Kier molecular flexibility index (Phi) is 3.31. The predicted molar refractivity (Wildman–Crippen MR) is 99.2 cm³/mol. The first kappa shape index (κ1) is 14.8. The Balaban J connectivity index is 2.10. The van der Waals surface area contributed by atoms with E-state index in [4.69, 9.17) is 0 Å². The first-order valence-electron chi connectivity index (χ1n) is 8.14. The lowest BCUT2D eigenvalue weighted by molar-refractivity contribution is 1.15. The Labute approximate surface area is 141 Å². The Morgan fingerprint density at radius 2 is 1.67 bits per heavy atom. The molecule has 0 atom stereocenters. The monoisotopic (exact) mass is 313 g/mol. The fraction of sp³-hybridized carbons (Fsp3) is 0.190. The van der Waals surface area contributed by atoms with Gasteiger partial charge in [-0.15, -0.1) is 0 Å². The van der Waals surface area contributed by atoms with Gasteiger partial charge in [0.2, 0.25) is 0 Å². The van der Waals surface area contributed by atoms with Gasteiger partial charge in [-0.05, 0) is 50.8 Å². The third-order valence-corrected chi connectivity index (χ3v) is 4.55. The number of nitrogens with zero attached hydrogens (tertiary/aromatic N) is 3. The lowest BCUT2D eigenvalue weighted by atomic mass is 9.97. The van der Waals surface area contributed by atoms with Crippen LogP contribution in [-0.4, -0.2) is 15.0 Å². The highest BCUT2D eigenvalue weighted by atomic mass is 14.8. The fourth-order valence-corrected chi connectivity index (χ4v) is 3.52. The third kappa shape index (κ3) is 2.24. The van der Waals surface area contributed by atoms with Crippen molar-refractivity contribution in [3.8, 4) is 11.3 Å². The molecule has 24 heavy (non-hydrogen) atoms. The van der Waals surface area contributed by atoms with E-state index < -0.39 is 0 Å². The molecule has 0 saturated carbocycles. The van der Waals surface area contributed by atoms with Crippen LogP contribution in [0.5, 0.6) is 0 Å². The molecule has 0 bridgehead atoms. The van der Waals surface area contributed by atoms with Gasteiger partial charge in [0.15, 0.2) is 0 Å². The fourth-order valence-electron chi connectivity index (χ4n) is 3.52. The molecule has 4 aromatic rings. The van der Waals surface area contributed by atoms with E-state index in [1.54, 1.807) is 6.33 Å². The van der Waals surface area contributed by atoms with Crippen LogP contribution in [0, 0.1) is 27.7 Å². The van der Waals surface area contributed by atoms with E-state index in [1.807, 2.05) is 13.8 Å². The summed E-state index contributed by atoms with van der Waals surface area (Å²) in [6.45, 7) is 8.32. The molecule has 0 N–H and O–H groups in total. The standard InChI is InChI=1S/C21H19N3/c1-12-5-7-17(13(2)9-12)20-18-8-6-16-10-14(3)24-15(4)19(16)21(18)23-11-22-20/h5-11H,1-4H3. The number of aryl methyl sites for hydroxylation is 4. The SMILES string of the molecule is Cc1ccc(-c2ncnc3c2ccc2cc(C)nc(C)c23)c(C)c1. The molecular weight excluding hydrogens is 294 g/mol. The summed E-state index contributed by atoms with van der Waals surface area (Å²) in [5.74, 6) is 0. The first-order valence-corrected chi connectivity index (χ1v) is 8.14. The van der Waals surface area contributed by atoms with Crippen LogP contribution in [0.15, 0.2) is 42.7 Å². The summed E-state index contributed by atoms with van der Waals surface area (Å²) >= 11 is 0. The maximum Gasteiger partial charge on any atom is 0.116 e. The van der Waals surface area contributed by atoms with Crippen molar-refractivity contribution in [1.82, 2.24) is 15.0 Å². The molecule has 2 aromatic heterocycles. The van der Waals surface area contributed by atoms with E-state index in [9.17, 15) is 0 Å². The summed E-state index contributed by atoms with van der Waals surface area (Å²) in [7, 11) is 0. The van der Waals surface area contributed by atoms with Gasteiger partial charge in [0.25, 0.3) is 0 Å². The lowest BCUT2D eigenvalue weighted by Crippen LogP contribution is -1.95. The molecule has 3 nitrogen and oxygen atoms in total. The van der Waals surface area contributed by atoms with Gasteiger partial charge in [0, 0.05) is 27.7 Å². The maximum absolute atomic E-state index is 4.62. The summed E-state index contributed by atoms with van der Waals surface area (Å²) in [5.41, 5.74) is 7.65. The second kappa shape index (κ2) is 5.38. The van der Waals surface area contributed by atoms with Gasteiger partial charge in [-0.1, -0.05) is 29.8 Å². The number of hydrogen-bond acceptors (Lipinski definition) is 3. The van der Waals surface area contributed by atoms with Gasteiger partial charge in [-0.3, -0.25) is 4.98 Å². The van der Waals surface area contributed by atoms with Gasteiger partial charge in [-0.2, -0.15) is 0 Å². The van der Waals surface area contributed by atoms with E-state index in [0.29, 0.717) is 0 Å². The quantitative estimate of drug-likeness (QED) is 0.460. The molecule has 0 aliphatic carbocycles. The smallest absolute Gasteiger partial charge is 0.116 e. The number of benzene rings is 2. The second-order valence-corrected chi connectivity index (χ2v) is 6.45. The highest BCUT2D eigenvalue weighted by Crippen LogP contribution is 2.33. The topological polar surface area (TPSA) is 38.7 Å². The zero-order valence-electron chi connectivity index (χ0n) is 14.4. The molecule has 2 heterocycles. The minimum absolute atomic E-state index is 0.975. The Morgan fingerprint density at radius 1 is 0.833 bits per heavy atom. The molecule has 0 unspecified atom stereocenters. The minimum atomic E-state index is 0.975. The summed E-state index contributed by atoms with van der Waals surface area (Å²) in [4.78, 5) is 13.8. The molecule has 0 amide bonds. The first-order chi connectivity index (χ1) is 11.5. The van der Waals surface area contributed by atoms with Crippen LogP contribution in [0.2, 0.25) is 0 Å². The minimum Gasteiger partial charge on any atom is -0.258 e. The van der Waals surface area contributed by atoms with Gasteiger partial charge >= 0.3 is 0 Å².